The molecule has 3 rings (SSSR count). The van der Waals surface area contributed by atoms with Crippen molar-refractivity contribution in [2.45, 2.75) is 11.8 Å². The van der Waals surface area contributed by atoms with E-state index in [1.165, 1.54) is 11.8 Å². The van der Waals surface area contributed by atoms with Gasteiger partial charge < -0.3 is 15.1 Å². The van der Waals surface area contributed by atoms with Crippen molar-refractivity contribution >= 4 is 46.6 Å². The fourth-order valence-electron chi connectivity index (χ4n) is 2.91. The number of benzene rings is 2. The molecular weight excluding hydrogens is 382 g/mol. The lowest BCUT2D eigenvalue weighted by molar-refractivity contribution is -0.129. The minimum atomic E-state index is -0.0437. The first-order chi connectivity index (χ1) is 13.0. The van der Waals surface area contributed by atoms with Crippen LogP contribution in [0.3, 0.4) is 0 Å². The summed E-state index contributed by atoms with van der Waals surface area (Å²) >= 11 is 7.34. The molecule has 0 unspecified atom stereocenters. The summed E-state index contributed by atoms with van der Waals surface area (Å²) < 4.78 is 0. The lowest BCUT2D eigenvalue weighted by atomic mass is 10.2. The van der Waals surface area contributed by atoms with Gasteiger partial charge in [-0.1, -0.05) is 11.6 Å². The van der Waals surface area contributed by atoms with Crippen molar-refractivity contribution in [2.75, 3.05) is 42.1 Å². The number of rotatable bonds is 5. The zero-order chi connectivity index (χ0) is 19.2. The van der Waals surface area contributed by atoms with Crippen LogP contribution in [-0.2, 0) is 9.59 Å². The lowest BCUT2D eigenvalue weighted by Gasteiger charge is -2.35. The fourth-order valence-corrected chi connectivity index (χ4v) is 3.74. The van der Waals surface area contributed by atoms with Gasteiger partial charge in [-0.05, 0) is 48.5 Å². The Kier molecular flexibility index (Phi) is 6.63. The van der Waals surface area contributed by atoms with Crippen LogP contribution in [0.4, 0.5) is 11.4 Å². The SMILES string of the molecule is CC(=O)N1CCN(c2ccc(NC(=O)CSc3ccc(Cl)cc3)cc2)CC1. The molecule has 0 aliphatic carbocycles. The second-order valence-corrected chi connectivity index (χ2v) is 7.82. The van der Waals surface area contributed by atoms with Crippen molar-refractivity contribution in [3.8, 4) is 0 Å². The van der Waals surface area contributed by atoms with Gasteiger partial charge in [-0.25, -0.2) is 0 Å². The Balaban J connectivity index is 1.48. The van der Waals surface area contributed by atoms with Gasteiger partial charge in [0.15, 0.2) is 0 Å². The maximum Gasteiger partial charge on any atom is 0.234 e. The Morgan fingerprint density at radius 2 is 1.63 bits per heavy atom. The predicted octanol–water partition coefficient (Wildman–Crippen LogP) is 3.74. The molecule has 1 aliphatic heterocycles. The van der Waals surface area contributed by atoms with Crippen LogP contribution in [0.5, 0.6) is 0 Å². The van der Waals surface area contributed by atoms with Gasteiger partial charge in [-0.15, -0.1) is 11.8 Å². The second kappa shape index (κ2) is 9.15. The largest absolute Gasteiger partial charge is 0.368 e. The number of piperazine rings is 1. The normalized spacial score (nSPS) is 14.1. The van der Waals surface area contributed by atoms with Crippen LogP contribution in [0.2, 0.25) is 5.02 Å². The summed E-state index contributed by atoms with van der Waals surface area (Å²) in [5.41, 5.74) is 1.88. The third-order valence-electron chi connectivity index (χ3n) is 4.42. The molecular formula is C20H22ClN3O2S. The number of anilines is 2. The van der Waals surface area contributed by atoms with Crippen molar-refractivity contribution in [1.82, 2.24) is 4.90 Å². The topological polar surface area (TPSA) is 52.7 Å². The van der Waals surface area contributed by atoms with E-state index in [0.29, 0.717) is 10.8 Å². The molecule has 2 aromatic rings. The highest BCUT2D eigenvalue weighted by Crippen LogP contribution is 2.22. The first-order valence-corrected chi connectivity index (χ1v) is 10.2. The van der Waals surface area contributed by atoms with Gasteiger partial charge in [0, 0.05) is 54.4 Å². The molecule has 1 saturated heterocycles. The number of halogens is 1. The van der Waals surface area contributed by atoms with Gasteiger partial charge >= 0.3 is 0 Å². The van der Waals surface area contributed by atoms with Gasteiger partial charge in [0.2, 0.25) is 11.8 Å². The molecule has 1 heterocycles. The predicted molar refractivity (Wildman–Crippen MR) is 112 cm³/mol. The summed E-state index contributed by atoms with van der Waals surface area (Å²) in [6, 6.07) is 15.3. The van der Waals surface area contributed by atoms with Gasteiger partial charge in [-0.2, -0.15) is 0 Å². The van der Waals surface area contributed by atoms with Gasteiger partial charge in [-0.3, -0.25) is 9.59 Å². The lowest BCUT2D eigenvalue weighted by Crippen LogP contribution is -2.48. The third kappa shape index (κ3) is 5.65. The molecule has 0 aromatic heterocycles. The quantitative estimate of drug-likeness (QED) is 0.772. The zero-order valence-electron chi connectivity index (χ0n) is 15.2. The Morgan fingerprint density at radius 3 is 2.22 bits per heavy atom. The number of thioether (sulfide) groups is 1. The zero-order valence-corrected chi connectivity index (χ0v) is 16.7. The Morgan fingerprint density at radius 1 is 1.00 bits per heavy atom. The highest BCUT2D eigenvalue weighted by molar-refractivity contribution is 8.00. The van der Waals surface area contributed by atoms with Crippen LogP contribution < -0.4 is 10.2 Å². The van der Waals surface area contributed by atoms with E-state index in [1.54, 1.807) is 6.92 Å². The second-order valence-electron chi connectivity index (χ2n) is 6.33. The van der Waals surface area contributed by atoms with E-state index in [-0.39, 0.29) is 11.8 Å². The van der Waals surface area contributed by atoms with Crippen LogP contribution in [0.25, 0.3) is 0 Å². The molecule has 7 heteroatoms. The first kappa shape index (κ1) is 19.6. The van der Waals surface area contributed by atoms with E-state index in [1.807, 2.05) is 53.4 Å². The molecule has 0 radical (unpaired) electrons. The van der Waals surface area contributed by atoms with E-state index in [9.17, 15) is 9.59 Å². The molecule has 2 aromatic carbocycles. The summed E-state index contributed by atoms with van der Waals surface area (Å²) in [4.78, 5) is 28.7. The molecule has 1 N–H and O–H groups in total. The van der Waals surface area contributed by atoms with E-state index in [2.05, 4.69) is 10.2 Å². The number of carbonyl (C=O) groups excluding carboxylic acids is 2. The Bertz CT molecular complexity index is 788. The number of carbonyl (C=O) groups is 2. The van der Waals surface area contributed by atoms with E-state index < -0.39 is 0 Å². The highest BCUT2D eigenvalue weighted by Gasteiger charge is 2.18. The summed E-state index contributed by atoms with van der Waals surface area (Å²) in [6.45, 7) is 4.75. The maximum atomic E-state index is 12.1. The van der Waals surface area contributed by atoms with Crippen molar-refractivity contribution in [3.63, 3.8) is 0 Å². The Hall–Kier alpha value is -2.18. The summed E-state index contributed by atoms with van der Waals surface area (Å²) in [6.07, 6.45) is 0. The average Bonchev–Trinajstić information content (AvgIpc) is 2.68. The van der Waals surface area contributed by atoms with Crippen LogP contribution >= 0.6 is 23.4 Å². The summed E-state index contributed by atoms with van der Waals surface area (Å²) in [7, 11) is 0. The minimum absolute atomic E-state index is 0.0437. The van der Waals surface area contributed by atoms with Crippen molar-refractivity contribution < 1.29 is 9.59 Å². The number of hydrogen-bond donors (Lipinski definition) is 1. The monoisotopic (exact) mass is 403 g/mol. The number of nitrogens with zero attached hydrogens (tertiary/aromatic N) is 2. The summed E-state index contributed by atoms with van der Waals surface area (Å²) in [5.74, 6) is 0.429. The fraction of sp³-hybridized carbons (Fsp3) is 0.300. The molecule has 0 saturated carbocycles. The van der Waals surface area contributed by atoms with Crippen LogP contribution in [-0.4, -0.2) is 48.6 Å². The molecule has 0 bridgehead atoms. The maximum absolute atomic E-state index is 12.1. The van der Waals surface area contributed by atoms with Gasteiger partial charge in [0.05, 0.1) is 5.75 Å². The van der Waals surface area contributed by atoms with E-state index in [0.717, 1.165) is 42.4 Å². The van der Waals surface area contributed by atoms with Gasteiger partial charge in [0.25, 0.3) is 0 Å². The molecule has 1 fully saturated rings. The van der Waals surface area contributed by atoms with Crippen LogP contribution in [0.1, 0.15) is 6.92 Å². The number of nitrogens with one attached hydrogen (secondary N) is 1. The summed E-state index contributed by atoms with van der Waals surface area (Å²) in [5, 5.41) is 3.61. The number of amides is 2. The first-order valence-electron chi connectivity index (χ1n) is 8.80. The molecule has 2 amide bonds. The smallest absolute Gasteiger partial charge is 0.234 e. The standard InChI is InChI=1S/C20H22ClN3O2S/c1-15(25)23-10-12-24(13-11-23)18-6-4-17(5-7-18)22-20(26)14-27-19-8-2-16(21)3-9-19/h2-9H,10-14H2,1H3,(H,22,26). The van der Waals surface area contributed by atoms with Crippen molar-refractivity contribution in [2.24, 2.45) is 0 Å². The van der Waals surface area contributed by atoms with Crippen molar-refractivity contribution in [3.05, 3.63) is 53.6 Å². The Labute approximate surface area is 168 Å². The van der Waals surface area contributed by atoms with Gasteiger partial charge in [0.1, 0.15) is 0 Å². The van der Waals surface area contributed by atoms with Crippen molar-refractivity contribution in [1.29, 1.82) is 0 Å². The van der Waals surface area contributed by atoms with Crippen LogP contribution in [0, 0.1) is 0 Å². The molecule has 142 valence electrons. The van der Waals surface area contributed by atoms with E-state index in [4.69, 9.17) is 11.6 Å². The molecule has 0 spiro atoms. The van der Waals surface area contributed by atoms with Crippen LogP contribution in [0.15, 0.2) is 53.4 Å². The molecule has 27 heavy (non-hydrogen) atoms. The molecule has 1 aliphatic rings. The molecule has 5 nitrogen and oxygen atoms in total. The third-order valence-corrected chi connectivity index (χ3v) is 5.69. The minimum Gasteiger partial charge on any atom is -0.368 e. The van der Waals surface area contributed by atoms with E-state index >= 15 is 0 Å². The number of hydrogen-bond acceptors (Lipinski definition) is 4. The molecule has 0 atom stereocenters. The highest BCUT2D eigenvalue weighted by atomic mass is 35.5. The average molecular weight is 404 g/mol.